The first-order valence-electron chi connectivity index (χ1n) is 16.1. The molecule has 4 unspecified atom stereocenters. The Labute approximate surface area is 257 Å². The Morgan fingerprint density at radius 2 is 1.88 bits per heavy atom. The van der Waals surface area contributed by atoms with Gasteiger partial charge in [0.05, 0.1) is 31.1 Å². The van der Waals surface area contributed by atoms with Crippen LogP contribution in [0.25, 0.3) is 11.3 Å². The Hall–Kier alpha value is -2.95. The third kappa shape index (κ3) is 8.80. The zero-order valence-corrected chi connectivity index (χ0v) is 26.9. The molecule has 2 fully saturated rings. The Morgan fingerprint density at radius 1 is 1.16 bits per heavy atom. The van der Waals surface area contributed by atoms with Crippen molar-refractivity contribution in [1.29, 1.82) is 0 Å². The zero-order chi connectivity index (χ0) is 31.5. The number of β-amino-alcohol motifs (C(OH)–C–C–N with tert-alkyl or cyclic N) is 1. The molecule has 0 radical (unpaired) electrons. The van der Waals surface area contributed by atoms with Crippen molar-refractivity contribution in [3.8, 4) is 17.0 Å². The molecule has 2 saturated heterocycles. The summed E-state index contributed by atoms with van der Waals surface area (Å²) in [6.07, 6.45) is 4.35. The molecule has 43 heavy (non-hydrogen) atoms. The van der Waals surface area contributed by atoms with Crippen molar-refractivity contribution < 1.29 is 24.5 Å². The van der Waals surface area contributed by atoms with Gasteiger partial charge in [-0.05, 0) is 63.2 Å². The van der Waals surface area contributed by atoms with Crippen molar-refractivity contribution in [2.24, 2.45) is 17.8 Å². The summed E-state index contributed by atoms with van der Waals surface area (Å²) in [6, 6.07) is 6.21. The molecule has 1 aromatic heterocycles. The summed E-state index contributed by atoms with van der Waals surface area (Å²) in [4.78, 5) is 28.1. The van der Waals surface area contributed by atoms with E-state index in [0.717, 1.165) is 50.2 Å². The third-order valence-electron chi connectivity index (χ3n) is 8.70. The molecule has 240 valence electrons. The van der Waals surface area contributed by atoms with Gasteiger partial charge in [0.2, 0.25) is 11.8 Å². The number of nitrogens with one attached hydrogen (secondary N) is 2. The van der Waals surface area contributed by atoms with Crippen molar-refractivity contribution in [3.63, 3.8) is 0 Å². The largest absolute Gasteiger partial charge is 0.493 e. The third-order valence-corrected chi connectivity index (χ3v) is 8.70. The fraction of sp³-hybridized carbons (Fsp3) is 0.667. The van der Waals surface area contributed by atoms with Gasteiger partial charge in [-0.15, -0.1) is 0 Å². The number of hydrogen-bond donors (Lipinski definition) is 4. The molecule has 2 aromatic rings. The van der Waals surface area contributed by atoms with Crippen LogP contribution in [0.15, 0.2) is 30.5 Å². The maximum atomic E-state index is 13.5. The molecule has 2 aliphatic heterocycles. The summed E-state index contributed by atoms with van der Waals surface area (Å²) < 4.78 is 8.27. The van der Waals surface area contributed by atoms with Crippen molar-refractivity contribution in [2.45, 2.75) is 92.0 Å². The van der Waals surface area contributed by atoms with E-state index in [-0.39, 0.29) is 37.3 Å². The summed E-state index contributed by atoms with van der Waals surface area (Å²) in [7, 11) is 0. The minimum Gasteiger partial charge on any atom is -0.493 e. The van der Waals surface area contributed by atoms with Crippen LogP contribution in [0.2, 0.25) is 0 Å². The van der Waals surface area contributed by atoms with E-state index in [9.17, 15) is 19.8 Å². The van der Waals surface area contributed by atoms with Gasteiger partial charge in [-0.25, -0.2) is 0 Å². The number of benzene rings is 1. The van der Waals surface area contributed by atoms with Crippen LogP contribution in [0.1, 0.15) is 78.8 Å². The van der Waals surface area contributed by atoms with Gasteiger partial charge in [0, 0.05) is 42.8 Å². The van der Waals surface area contributed by atoms with Crippen LogP contribution in [-0.4, -0.2) is 81.7 Å². The predicted molar refractivity (Wildman–Crippen MR) is 168 cm³/mol. The fourth-order valence-corrected chi connectivity index (χ4v) is 5.78. The van der Waals surface area contributed by atoms with Gasteiger partial charge in [0.1, 0.15) is 11.8 Å². The highest BCUT2D eigenvalue weighted by Crippen LogP contribution is 2.33. The number of likely N-dealkylation sites (tertiary alicyclic amines) is 1. The van der Waals surface area contributed by atoms with Crippen LogP contribution in [0.5, 0.6) is 5.75 Å². The number of nitrogens with zero attached hydrogens (tertiary/aromatic N) is 3. The van der Waals surface area contributed by atoms with Gasteiger partial charge in [-0.3, -0.25) is 14.3 Å². The lowest BCUT2D eigenvalue weighted by Gasteiger charge is -2.29. The van der Waals surface area contributed by atoms with Gasteiger partial charge in [-0.1, -0.05) is 46.8 Å². The number of carbonyl (C=O) groups is 2. The Kier molecular flexibility index (Phi) is 13.5. The molecule has 2 amide bonds. The van der Waals surface area contributed by atoms with Gasteiger partial charge in [0.15, 0.2) is 0 Å². The highest BCUT2D eigenvalue weighted by atomic mass is 16.5. The van der Waals surface area contributed by atoms with E-state index in [4.69, 9.17) is 4.74 Å². The van der Waals surface area contributed by atoms with Crippen molar-refractivity contribution in [1.82, 2.24) is 25.3 Å². The number of carbonyl (C=O) groups excluding carboxylic acids is 2. The molecular weight excluding hydrogens is 546 g/mol. The first kappa shape index (κ1) is 34.5. The van der Waals surface area contributed by atoms with E-state index < -0.39 is 24.1 Å². The standard InChI is InChI=1S/C31H47N5O5.C2H6/c1-5-36-27(10-14-33-36)23-6-7-25(29(16-23)41-15-11-22-8-12-32-13-9-22)26(19-37)34-30(39)28-17-24(38)18-35(28)31(40)21(4)20(2)3;1-2/h6-7,10,14,16,20-22,24,26,28,32,37-38H,5,8-9,11-13,15,17-19H2,1-4H3,(H,34,39);1-2H3. The van der Waals surface area contributed by atoms with Crippen molar-refractivity contribution in [3.05, 3.63) is 36.0 Å². The number of aromatic nitrogens is 2. The van der Waals surface area contributed by atoms with Gasteiger partial charge < -0.3 is 30.5 Å². The summed E-state index contributed by atoms with van der Waals surface area (Å²) in [5, 5.41) is 31.5. The number of amides is 2. The lowest BCUT2D eigenvalue weighted by atomic mass is 9.95. The molecule has 0 bridgehead atoms. The van der Waals surface area contributed by atoms with E-state index in [0.29, 0.717) is 23.8 Å². The number of rotatable bonds is 12. The number of ether oxygens (including phenoxy) is 1. The smallest absolute Gasteiger partial charge is 0.243 e. The second-order valence-electron chi connectivity index (χ2n) is 11.8. The van der Waals surface area contributed by atoms with Crippen LogP contribution in [-0.2, 0) is 16.1 Å². The first-order chi connectivity index (χ1) is 20.7. The van der Waals surface area contributed by atoms with E-state index in [1.807, 2.05) is 70.5 Å². The molecule has 0 aliphatic carbocycles. The minimum atomic E-state index is -0.796. The Balaban J connectivity index is 0.00000248. The quantitative estimate of drug-likeness (QED) is 0.292. The second-order valence-corrected chi connectivity index (χ2v) is 11.8. The highest BCUT2D eigenvalue weighted by Gasteiger charge is 2.41. The maximum Gasteiger partial charge on any atom is 0.243 e. The number of hydrogen-bond acceptors (Lipinski definition) is 7. The molecule has 4 atom stereocenters. The van der Waals surface area contributed by atoms with Crippen LogP contribution >= 0.6 is 0 Å². The summed E-state index contributed by atoms with van der Waals surface area (Å²) in [5.41, 5.74) is 2.57. The molecule has 0 saturated carbocycles. The highest BCUT2D eigenvalue weighted by molar-refractivity contribution is 5.89. The number of aliphatic hydroxyl groups excluding tert-OH is 2. The zero-order valence-electron chi connectivity index (χ0n) is 26.9. The molecule has 2 aliphatic rings. The molecule has 0 spiro atoms. The Morgan fingerprint density at radius 3 is 2.53 bits per heavy atom. The van der Waals surface area contributed by atoms with Crippen LogP contribution < -0.4 is 15.4 Å². The van der Waals surface area contributed by atoms with E-state index in [1.54, 1.807) is 6.20 Å². The fourth-order valence-electron chi connectivity index (χ4n) is 5.78. The van der Waals surface area contributed by atoms with Crippen molar-refractivity contribution >= 4 is 11.8 Å². The predicted octanol–water partition coefficient (Wildman–Crippen LogP) is 3.77. The van der Waals surface area contributed by atoms with Crippen LogP contribution in [0.3, 0.4) is 0 Å². The van der Waals surface area contributed by atoms with Crippen molar-refractivity contribution in [2.75, 3.05) is 32.8 Å². The van der Waals surface area contributed by atoms with Crippen LogP contribution in [0, 0.1) is 17.8 Å². The van der Waals surface area contributed by atoms with E-state index in [2.05, 4.69) is 15.7 Å². The first-order valence-corrected chi connectivity index (χ1v) is 16.1. The number of piperidine rings is 1. The molecule has 1 aromatic carbocycles. The number of aliphatic hydroxyl groups is 2. The summed E-state index contributed by atoms with van der Waals surface area (Å²) >= 11 is 0. The maximum absolute atomic E-state index is 13.5. The molecule has 4 rings (SSSR count). The Bertz CT molecular complexity index is 1160. The molecule has 10 heteroatoms. The van der Waals surface area contributed by atoms with E-state index >= 15 is 0 Å². The molecule has 10 nitrogen and oxygen atoms in total. The SMILES string of the molecule is CC.CCn1nccc1-c1ccc(C(CO)NC(=O)C2CC(O)CN2C(=O)C(C)C(C)C)c(OCCC2CCNCC2)c1. The molecule has 3 heterocycles. The average Bonchev–Trinajstić information content (AvgIpc) is 3.67. The number of aryl methyl sites for hydroxylation is 1. The molecular formula is C33H53N5O5. The minimum absolute atomic E-state index is 0.112. The van der Waals surface area contributed by atoms with Gasteiger partial charge in [0.25, 0.3) is 0 Å². The van der Waals surface area contributed by atoms with Crippen LogP contribution in [0.4, 0.5) is 0 Å². The summed E-state index contributed by atoms with van der Waals surface area (Å²) in [5.74, 6) is 0.514. The lowest BCUT2D eigenvalue weighted by molar-refractivity contribution is -0.142. The topological polar surface area (TPSA) is 129 Å². The monoisotopic (exact) mass is 599 g/mol. The average molecular weight is 600 g/mol. The lowest BCUT2D eigenvalue weighted by Crippen LogP contribution is -2.49. The summed E-state index contributed by atoms with van der Waals surface area (Å²) in [6.45, 7) is 14.9. The van der Waals surface area contributed by atoms with E-state index in [1.165, 1.54) is 4.90 Å². The van der Waals surface area contributed by atoms with Gasteiger partial charge >= 0.3 is 0 Å². The normalized spacial score (nSPS) is 20.3. The molecule has 4 N–H and O–H groups in total. The second kappa shape index (κ2) is 16.8. The van der Waals surface area contributed by atoms with Gasteiger partial charge in [-0.2, -0.15) is 5.10 Å².